The average molecular weight is 417 g/mol. The van der Waals surface area contributed by atoms with Crippen molar-refractivity contribution in [2.45, 2.75) is 112 Å². The van der Waals surface area contributed by atoms with Crippen LogP contribution in [0.1, 0.15) is 99.3 Å². The summed E-state index contributed by atoms with van der Waals surface area (Å²) in [5.74, 6) is 5.45. The molecule has 0 bridgehead atoms. The van der Waals surface area contributed by atoms with Gasteiger partial charge in [-0.25, -0.2) is 0 Å². The van der Waals surface area contributed by atoms with E-state index in [1.165, 1.54) is 44.1 Å². The summed E-state index contributed by atoms with van der Waals surface area (Å²) >= 11 is 0. The second-order valence-corrected chi connectivity index (χ2v) is 12.8. The third-order valence-electron chi connectivity index (χ3n) is 11.1. The highest BCUT2D eigenvalue weighted by atomic mass is 16.3. The molecule has 10 atom stereocenters. The fourth-order valence-corrected chi connectivity index (χ4v) is 8.79. The quantitative estimate of drug-likeness (QED) is 0.495. The van der Waals surface area contributed by atoms with Gasteiger partial charge in [0.2, 0.25) is 0 Å². The highest BCUT2D eigenvalue weighted by Crippen LogP contribution is 2.67. The van der Waals surface area contributed by atoms with Crippen LogP contribution in [0, 0.1) is 52.3 Å². The van der Waals surface area contributed by atoms with Crippen LogP contribution in [0.15, 0.2) is 11.6 Å². The molecule has 30 heavy (non-hydrogen) atoms. The number of hydrogen-bond acceptors (Lipinski definition) is 2. The topological polar surface area (TPSA) is 40.5 Å². The van der Waals surface area contributed by atoms with Gasteiger partial charge in [0.15, 0.2) is 0 Å². The van der Waals surface area contributed by atoms with Crippen molar-refractivity contribution in [1.82, 2.24) is 0 Å². The van der Waals surface area contributed by atoms with Gasteiger partial charge in [-0.3, -0.25) is 0 Å². The molecule has 0 aromatic heterocycles. The molecule has 3 fully saturated rings. The van der Waals surface area contributed by atoms with Crippen LogP contribution in [0.2, 0.25) is 0 Å². The monoisotopic (exact) mass is 416 g/mol. The van der Waals surface area contributed by atoms with E-state index >= 15 is 0 Å². The van der Waals surface area contributed by atoms with Crippen molar-refractivity contribution in [2.75, 3.05) is 0 Å². The molecule has 4 rings (SSSR count). The van der Waals surface area contributed by atoms with Crippen molar-refractivity contribution >= 4 is 0 Å². The van der Waals surface area contributed by atoms with Gasteiger partial charge < -0.3 is 10.2 Å². The fraction of sp³-hybridized carbons (Fsp3) is 0.929. The molecule has 0 aromatic carbocycles. The van der Waals surface area contributed by atoms with Gasteiger partial charge in [-0.05, 0) is 103 Å². The normalized spacial score (nSPS) is 47.8. The lowest BCUT2D eigenvalue weighted by Crippen LogP contribution is -2.54. The molecule has 4 aliphatic carbocycles. The van der Waals surface area contributed by atoms with Crippen LogP contribution in [0.4, 0.5) is 0 Å². The van der Waals surface area contributed by atoms with Gasteiger partial charge in [0.1, 0.15) is 0 Å². The number of fused-ring (bicyclic) bond motifs is 5. The van der Waals surface area contributed by atoms with Gasteiger partial charge in [-0.2, -0.15) is 0 Å². The zero-order valence-corrected chi connectivity index (χ0v) is 20.5. The lowest BCUT2D eigenvalue weighted by atomic mass is 9.46. The van der Waals surface area contributed by atoms with Crippen LogP contribution in [0.3, 0.4) is 0 Å². The van der Waals surface area contributed by atoms with E-state index in [1.54, 1.807) is 0 Å². The maximum Gasteiger partial charge on any atom is 0.0759 e. The minimum absolute atomic E-state index is 0.110. The molecule has 172 valence electrons. The van der Waals surface area contributed by atoms with Crippen molar-refractivity contribution < 1.29 is 10.2 Å². The van der Waals surface area contributed by atoms with E-state index in [0.29, 0.717) is 17.3 Å². The third kappa shape index (κ3) is 3.62. The highest BCUT2D eigenvalue weighted by molar-refractivity contribution is 5.29. The van der Waals surface area contributed by atoms with E-state index in [-0.39, 0.29) is 17.6 Å². The summed E-state index contributed by atoms with van der Waals surface area (Å²) in [6.07, 6.45) is 12.4. The first-order valence-electron chi connectivity index (χ1n) is 13.2. The minimum atomic E-state index is -0.349. The van der Waals surface area contributed by atoms with Gasteiger partial charge in [-0.1, -0.05) is 60.5 Å². The number of rotatable bonds is 5. The first-order chi connectivity index (χ1) is 14.1. The van der Waals surface area contributed by atoms with E-state index in [9.17, 15) is 10.2 Å². The lowest BCUT2D eigenvalue weighted by molar-refractivity contribution is -0.0875. The molecule has 4 aliphatic rings. The molecule has 0 aliphatic heterocycles. The standard InChI is InChI=1S/C28H48O2/c1-17(2)18(3)7-8-19(4)22-9-10-23-21-16-26(30)25-15-20(29)11-13-28(25,6)24(21)12-14-27(22,23)5/h15,17-24,26,29-30H,7-14,16H2,1-6H3. The number of hydrogen-bond donors (Lipinski definition) is 2. The largest absolute Gasteiger partial charge is 0.389 e. The average Bonchev–Trinajstić information content (AvgIpc) is 3.04. The van der Waals surface area contributed by atoms with Crippen LogP contribution >= 0.6 is 0 Å². The molecule has 0 amide bonds. The van der Waals surface area contributed by atoms with E-state index in [2.05, 4.69) is 41.5 Å². The van der Waals surface area contributed by atoms with Crippen LogP contribution in [0.5, 0.6) is 0 Å². The van der Waals surface area contributed by atoms with E-state index in [0.717, 1.165) is 48.9 Å². The van der Waals surface area contributed by atoms with Crippen molar-refractivity contribution in [3.05, 3.63) is 11.6 Å². The number of aliphatic hydroxyl groups excluding tert-OH is 2. The first kappa shape index (κ1) is 22.8. The van der Waals surface area contributed by atoms with E-state index in [1.807, 2.05) is 6.08 Å². The Hall–Kier alpha value is -0.340. The van der Waals surface area contributed by atoms with Crippen molar-refractivity contribution in [3.8, 4) is 0 Å². The smallest absolute Gasteiger partial charge is 0.0759 e. The summed E-state index contributed by atoms with van der Waals surface area (Å²) in [4.78, 5) is 0. The Labute approximate surface area is 185 Å². The van der Waals surface area contributed by atoms with Crippen molar-refractivity contribution in [2.24, 2.45) is 52.3 Å². The SMILES string of the molecule is CC(C)C(C)CCC(C)C1CCC2C3CC(O)C4=CC(O)CCC4(C)C3CCC12C. The van der Waals surface area contributed by atoms with Gasteiger partial charge in [-0.15, -0.1) is 0 Å². The second kappa shape index (κ2) is 8.22. The molecule has 2 heteroatoms. The summed E-state index contributed by atoms with van der Waals surface area (Å²) in [6.45, 7) is 14.7. The number of aliphatic hydroxyl groups is 2. The Bertz CT molecular complexity index is 653. The van der Waals surface area contributed by atoms with Crippen LogP contribution in [-0.2, 0) is 0 Å². The predicted molar refractivity (Wildman–Crippen MR) is 125 cm³/mol. The Morgan fingerprint density at radius 1 is 0.933 bits per heavy atom. The van der Waals surface area contributed by atoms with Gasteiger partial charge >= 0.3 is 0 Å². The van der Waals surface area contributed by atoms with Crippen LogP contribution in [-0.4, -0.2) is 22.4 Å². The molecule has 2 N–H and O–H groups in total. The van der Waals surface area contributed by atoms with Crippen molar-refractivity contribution in [1.29, 1.82) is 0 Å². The molecule has 0 radical (unpaired) electrons. The van der Waals surface area contributed by atoms with Crippen LogP contribution in [0.25, 0.3) is 0 Å². The summed E-state index contributed by atoms with van der Waals surface area (Å²) in [5.41, 5.74) is 1.75. The molecule has 10 unspecified atom stereocenters. The lowest BCUT2D eigenvalue weighted by Gasteiger charge is -2.60. The Balaban J connectivity index is 1.52. The van der Waals surface area contributed by atoms with E-state index in [4.69, 9.17) is 0 Å². The fourth-order valence-electron chi connectivity index (χ4n) is 8.79. The zero-order valence-electron chi connectivity index (χ0n) is 20.5. The Morgan fingerprint density at radius 2 is 1.67 bits per heavy atom. The molecule has 0 spiro atoms. The summed E-state index contributed by atoms with van der Waals surface area (Å²) in [7, 11) is 0. The van der Waals surface area contributed by atoms with Gasteiger partial charge in [0, 0.05) is 0 Å². The van der Waals surface area contributed by atoms with Crippen molar-refractivity contribution in [3.63, 3.8) is 0 Å². The molecule has 2 nitrogen and oxygen atoms in total. The minimum Gasteiger partial charge on any atom is -0.389 e. The summed E-state index contributed by atoms with van der Waals surface area (Å²) < 4.78 is 0. The van der Waals surface area contributed by atoms with E-state index < -0.39 is 0 Å². The maximum absolute atomic E-state index is 11.1. The zero-order chi connectivity index (χ0) is 21.8. The summed E-state index contributed by atoms with van der Waals surface area (Å²) in [6, 6.07) is 0. The molecule has 0 heterocycles. The van der Waals surface area contributed by atoms with Gasteiger partial charge in [0.25, 0.3) is 0 Å². The third-order valence-corrected chi connectivity index (χ3v) is 11.1. The first-order valence-corrected chi connectivity index (χ1v) is 13.2. The highest BCUT2D eigenvalue weighted by Gasteiger charge is 2.60. The van der Waals surface area contributed by atoms with Gasteiger partial charge in [0.05, 0.1) is 12.2 Å². The Morgan fingerprint density at radius 3 is 2.37 bits per heavy atom. The summed E-state index contributed by atoms with van der Waals surface area (Å²) in [5, 5.41) is 21.3. The second-order valence-electron chi connectivity index (χ2n) is 12.8. The molecular formula is C28H48O2. The molecular weight excluding hydrogens is 368 g/mol. The molecule has 3 saturated carbocycles. The van der Waals surface area contributed by atoms with Crippen LogP contribution < -0.4 is 0 Å². The predicted octanol–water partition coefficient (Wildman–Crippen LogP) is 6.61. The Kier molecular flexibility index (Phi) is 6.26. The molecule has 0 saturated heterocycles. The molecule has 0 aromatic rings. The maximum atomic E-state index is 11.1.